The van der Waals surface area contributed by atoms with Crippen molar-refractivity contribution < 1.29 is 4.43 Å². The van der Waals surface area contributed by atoms with Crippen LogP contribution in [0.1, 0.15) is 45.7 Å². The second-order valence-electron chi connectivity index (χ2n) is 7.13. The summed E-state index contributed by atoms with van der Waals surface area (Å²) >= 11 is 0. The smallest absolute Gasteiger partial charge is 0.183 e. The Balaban J connectivity index is 2.94. The van der Waals surface area contributed by atoms with Crippen molar-refractivity contribution in [3.05, 3.63) is 30.1 Å². The molecule has 4 heteroatoms. The van der Waals surface area contributed by atoms with Crippen LogP contribution in [0.5, 0.6) is 0 Å². The second-order valence-corrected chi connectivity index (χ2v) is 11.6. The van der Waals surface area contributed by atoms with Gasteiger partial charge in [-0.15, -0.1) is 0 Å². The van der Waals surface area contributed by atoms with Gasteiger partial charge in [0.2, 0.25) is 0 Å². The molecule has 3 nitrogen and oxygen atoms in total. The molecule has 124 valence electrons. The number of aromatic nitrogens is 1. The fourth-order valence-electron chi connectivity index (χ4n) is 2.05. The predicted molar refractivity (Wildman–Crippen MR) is 98.2 cm³/mol. The van der Waals surface area contributed by atoms with Gasteiger partial charge in [-0.1, -0.05) is 33.3 Å². The van der Waals surface area contributed by atoms with Crippen LogP contribution in [-0.4, -0.2) is 31.7 Å². The highest BCUT2D eigenvalue weighted by molar-refractivity contribution is 6.69. The first-order chi connectivity index (χ1) is 10.3. The minimum atomic E-state index is -1.51. The molecule has 22 heavy (non-hydrogen) atoms. The van der Waals surface area contributed by atoms with Crippen molar-refractivity contribution in [1.82, 2.24) is 4.98 Å². The summed E-state index contributed by atoms with van der Waals surface area (Å²) < 4.78 is 6.11. The molecule has 1 heterocycles. The number of unbranched alkanes of at least 4 members (excludes halogenated alkanes) is 1. The molecule has 0 aromatic carbocycles. The molecule has 1 rings (SSSR count). The Morgan fingerprint density at radius 2 is 2.00 bits per heavy atom. The topological polar surface area (TPSA) is 34.5 Å². The van der Waals surface area contributed by atoms with Crippen LogP contribution in [0.4, 0.5) is 0 Å². The van der Waals surface area contributed by atoms with Gasteiger partial charge in [-0.3, -0.25) is 9.98 Å². The molecule has 1 aromatic heterocycles. The number of hydrogen-bond donors (Lipinski definition) is 0. The highest BCUT2D eigenvalue weighted by Gasteiger charge is 2.20. The molecule has 0 spiro atoms. The van der Waals surface area contributed by atoms with Crippen LogP contribution >= 0.6 is 0 Å². The summed E-state index contributed by atoms with van der Waals surface area (Å²) in [5.74, 6) is 0.469. The molecule has 0 N–H and O–H groups in total. The third-order valence-corrected chi connectivity index (χ3v) is 4.54. The van der Waals surface area contributed by atoms with Gasteiger partial charge in [0.1, 0.15) is 0 Å². The monoisotopic (exact) mass is 320 g/mol. The van der Waals surface area contributed by atoms with Crippen molar-refractivity contribution in [2.24, 2.45) is 10.9 Å². The van der Waals surface area contributed by atoms with Crippen LogP contribution in [0.25, 0.3) is 0 Å². The Kier molecular flexibility index (Phi) is 7.97. The van der Waals surface area contributed by atoms with Gasteiger partial charge in [0, 0.05) is 6.20 Å². The van der Waals surface area contributed by atoms with E-state index in [1.54, 1.807) is 0 Å². The molecule has 0 bridgehead atoms. The lowest BCUT2D eigenvalue weighted by atomic mass is 10.0. The standard InChI is InChI=1S/C18H32N2OSi/c1-7-8-11-17(16-12-9-10-13-19-16)20-18(15(2)3)14-21-22(4,5)6/h9-10,12-13,15,18H,7-8,11,14H2,1-6H3/t18-/m1/s1. The summed E-state index contributed by atoms with van der Waals surface area (Å²) in [7, 11) is -1.51. The van der Waals surface area contributed by atoms with Gasteiger partial charge in [0.25, 0.3) is 0 Å². The van der Waals surface area contributed by atoms with E-state index in [1.807, 2.05) is 18.3 Å². The van der Waals surface area contributed by atoms with E-state index < -0.39 is 8.32 Å². The molecule has 0 saturated carbocycles. The molecular weight excluding hydrogens is 288 g/mol. The van der Waals surface area contributed by atoms with E-state index in [-0.39, 0.29) is 6.04 Å². The van der Waals surface area contributed by atoms with Crippen LogP contribution in [0.3, 0.4) is 0 Å². The first kappa shape index (κ1) is 19.0. The van der Waals surface area contributed by atoms with E-state index in [4.69, 9.17) is 9.42 Å². The number of pyridine rings is 1. The minimum absolute atomic E-state index is 0.209. The zero-order chi connectivity index (χ0) is 16.6. The minimum Gasteiger partial charge on any atom is -0.415 e. The summed E-state index contributed by atoms with van der Waals surface area (Å²) in [5, 5.41) is 0. The average molecular weight is 321 g/mol. The SMILES string of the molecule is CCCCC(=N[C@H](CO[Si](C)(C)C)C(C)C)c1ccccn1. The number of rotatable bonds is 9. The molecular formula is C18H32N2OSi. The van der Waals surface area contributed by atoms with Crippen molar-refractivity contribution in [2.45, 2.75) is 65.7 Å². The lowest BCUT2D eigenvalue weighted by Gasteiger charge is -2.24. The van der Waals surface area contributed by atoms with Gasteiger partial charge < -0.3 is 4.43 Å². The van der Waals surface area contributed by atoms with E-state index in [9.17, 15) is 0 Å². The third kappa shape index (κ3) is 7.32. The second kappa shape index (κ2) is 9.21. The van der Waals surface area contributed by atoms with Crippen LogP contribution in [0.15, 0.2) is 29.4 Å². The maximum absolute atomic E-state index is 6.11. The molecule has 1 atom stereocenters. The summed E-state index contributed by atoms with van der Waals surface area (Å²) in [5.41, 5.74) is 2.13. The van der Waals surface area contributed by atoms with Crippen molar-refractivity contribution in [2.75, 3.05) is 6.61 Å². The molecule has 0 aliphatic heterocycles. The Morgan fingerprint density at radius 1 is 1.27 bits per heavy atom. The Morgan fingerprint density at radius 3 is 2.50 bits per heavy atom. The van der Waals surface area contributed by atoms with Gasteiger partial charge in [-0.05, 0) is 50.5 Å². The van der Waals surface area contributed by atoms with Crippen molar-refractivity contribution in [1.29, 1.82) is 0 Å². The highest BCUT2D eigenvalue weighted by atomic mass is 28.4. The van der Waals surface area contributed by atoms with Gasteiger partial charge in [-0.25, -0.2) is 0 Å². The summed E-state index contributed by atoms with van der Waals surface area (Å²) in [6, 6.07) is 6.26. The fraction of sp³-hybridized carbons (Fsp3) is 0.667. The molecule has 0 radical (unpaired) electrons. The van der Waals surface area contributed by atoms with Gasteiger partial charge >= 0.3 is 0 Å². The Bertz CT molecular complexity index is 452. The van der Waals surface area contributed by atoms with Crippen LogP contribution in [-0.2, 0) is 4.43 Å². The maximum atomic E-state index is 6.11. The third-order valence-electron chi connectivity index (χ3n) is 3.51. The molecule has 0 aliphatic rings. The van der Waals surface area contributed by atoms with E-state index in [2.05, 4.69) is 51.5 Å². The zero-order valence-electron chi connectivity index (χ0n) is 15.1. The molecule has 0 unspecified atom stereocenters. The van der Waals surface area contributed by atoms with E-state index in [0.29, 0.717) is 5.92 Å². The van der Waals surface area contributed by atoms with E-state index in [0.717, 1.165) is 30.9 Å². The van der Waals surface area contributed by atoms with E-state index >= 15 is 0 Å². The lowest BCUT2D eigenvalue weighted by molar-refractivity contribution is 0.255. The first-order valence-corrected chi connectivity index (χ1v) is 11.9. The summed E-state index contributed by atoms with van der Waals surface area (Å²) in [4.78, 5) is 9.53. The Hall–Kier alpha value is -1.00. The largest absolute Gasteiger partial charge is 0.415 e. The Labute approximate surface area is 137 Å². The number of aliphatic imine (C=N–C) groups is 1. The van der Waals surface area contributed by atoms with E-state index in [1.165, 1.54) is 6.42 Å². The molecule has 0 fully saturated rings. The predicted octanol–water partition coefficient (Wildman–Crippen LogP) is 4.94. The maximum Gasteiger partial charge on any atom is 0.183 e. The zero-order valence-corrected chi connectivity index (χ0v) is 16.1. The van der Waals surface area contributed by atoms with Crippen LogP contribution < -0.4 is 0 Å². The molecule has 0 saturated heterocycles. The summed E-state index contributed by atoms with van der Waals surface area (Å²) in [6.45, 7) is 14.1. The van der Waals surface area contributed by atoms with Gasteiger partial charge in [0.15, 0.2) is 8.32 Å². The lowest BCUT2D eigenvalue weighted by Crippen LogP contribution is -2.32. The fourth-order valence-corrected chi connectivity index (χ4v) is 2.72. The van der Waals surface area contributed by atoms with Crippen LogP contribution in [0, 0.1) is 5.92 Å². The molecule has 0 aliphatic carbocycles. The quantitative estimate of drug-likeness (QED) is 0.477. The normalized spacial score (nSPS) is 14.4. The number of hydrogen-bond acceptors (Lipinski definition) is 3. The molecule has 0 amide bonds. The average Bonchev–Trinajstić information content (AvgIpc) is 2.46. The number of nitrogens with zero attached hydrogens (tertiary/aromatic N) is 2. The van der Waals surface area contributed by atoms with Gasteiger partial charge in [0.05, 0.1) is 24.1 Å². The summed E-state index contributed by atoms with van der Waals surface area (Å²) in [6.07, 6.45) is 5.15. The highest BCUT2D eigenvalue weighted by Crippen LogP contribution is 2.15. The van der Waals surface area contributed by atoms with Crippen molar-refractivity contribution in [3.8, 4) is 0 Å². The molecule has 1 aromatic rings. The van der Waals surface area contributed by atoms with Crippen LogP contribution in [0.2, 0.25) is 19.6 Å². The van der Waals surface area contributed by atoms with Crippen molar-refractivity contribution in [3.63, 3.8) is 0 Å². The first-order valence-electron chi connectivity index (χ1n) is 8.45. The van der Waals surface area contributed by atoms with Crippen molar-refractivity contribution >= 4 is 14.0 Å². The van der Waals surface area contributed by atoms with Gasteiger partial charge in [-0.2, -0.15) is 0 Å².